The first-order valence-corrected chi connectivity index (χ1v) is 12.1. The van der Waals surface area contributed by atoms with Gasteiger partial charge in [0.1, 0.15) is 17.3 Å². The minimum Gasteiger partial charge on any atom is -0.494 e. The van der Waals surface area contributed by atoms with Gasteiger partial charge in [0, 0.05) is 29.6 Å². The van der Waals surface area contributed by atoms with Crippen molar-refractivity contribution in [3.8, 4) is 22.7 Å². The van der Waals surface area contributed by atoms with Crippen LogP contribution in [0.1, 0.15) is 40.9 Å². The van der Waals surface area contributed by atoms with Crippen molar-refractivity contribution in [2.75, 3.05) is 7.11 Å². The van der Waals surface area contributed by atoms with Crippen LogP contribution < -0.4 is 21.0 Å². The van der Waals surface area contributed by atoms with Gasteiger partial charge in [-0.2, -0.15) is 5.10 Å². The molecular formula is C24H22F2N6O3S. The molecule has 1 fully saturated rings. The van der Waals surface area contributed by atoms with E-state index >= 15 is 0 Å². The van der Waals surface area contributed by atoms with E-state index < -0.39 is 18.0 Å². The van der Waals surface area contributed by atoms with Crippen LogP contribution in [0.15, 0.2) is 52.8 Å². The Labute approximate surface area is 209 Å². The second-order valence-corrected chi connectivity index (χ2v) is 9.62. The molecular weight excluding hydrogens is 490 g/mol. The number of amidine groups is 1. The van der Waals surface area contributed by atoms with Crippen molar-refractivity contribution in [1.29, 1.82) is 0 Å². The average Bonchev–Trinajstić information content (AvgIpc) is 3.62. The molecule has 1 aliphatic heterocycles. The average molecular weight is 513 g/mol. The standard InChI is InChI=1S/C24H22F2N6O3S/c1-12-5-6-32(20(33)7-12)19-9-14(15-8-17(21(25)26)27-11-18(15)35-2)16(10-28-19)22(34)29-24-31-30-23(36-24)13-3-4-13/h5-11,13,21,23,30H,3-4H2,1-2H3,(H,29,31,34). The molecule has 1 saturated carbocycles. The number of hydrogen-bond donors (Lipinski definition) is 2. The largest absolute Gasteiger partial charge is 0.494 e. The summed E-state index contributed by atoms with van der Waals surface area (Å²) >= 11 is 1.43. The van der Waals surface area contributed by atoms with Gasteiger partial charge in [-0.25, -0.2) is 13.8 Å². The molecule has 0 saturated heterocycles. The molecule has 1 unspecified atom stereocenters. The Hall–Kier alpha value is -3.80. The molecule has 0 aromatic carbocycles. The van der Waals surface area contributed by atoms with Crippen LogP contribution in [0.5, 0.6) is 5.75 Å². The van der Waals surface area contributed by atoms with Crippen molar-refractivity contribution >= 4 is 22.8 Å². The Morgan fingerprint density at radius 2 is 2.03 bits per heavy atom. The number of methoxy groups -OCH3 is 1. The van der Waals surface area contributed by atoms with Crippen molar-refractivity contribution in [3.05, 3.63) is 70.0 Å². The number of nitrogens with one attached hydrogen (secondary N) is 2. The highest BCUT2D eigenvalue weighted by atomic mass is 32.2. The minimum atomic E-state index is -2.83. The number of thioether (sulfide) groups is 1. The van der Waals surface area contributed by atoms with E-state index in [2.05, 4.69) is 25.8 Å². The third-order valence-corrected chi connectivity index (χ3v) is 7.04. The minimum absolute atomic E-state index is 0.0989. The van der Waals surface area contributed by atoms with E-state index in [1.807, 2.05) is 0 Å². The smallest absolute Gasteiger partial charge is 0.280 e. The lowest BCUT2D eigenvalue weighted by Gasteiger charge is -2.16. The number of hydrogen-bond acceptors (Lipinski definition) is 8. The summed E-state index contributed by atoms with van der Waals surface area (Å²) in [4.78, 5) is 34.0. The molecule has 5 rings (SSSR count). The van der Waals surface area contributed by atoms with Gasteiger partial charge >= 0.3 is 0 Å². The van der Waals surface area contributed by atoms with E-state index in [0.717, 1.165) is 18.4 Å². The molecule has 0 radical (unpaired) electrons. The SMILES string of the molecule is COc1cnc(C(F)F)cc1-c1cc(-n2ccc(C)cc2=O)ncc1C(=O)NC1=NNC(C2CC2)S1. The second-order valence-electron chi connectivity index (χ2n) is 8.49. The van der Waals surface area contributed by atoms with Crippen LogP contribution in [0.2, 0.25) is 0 Å². The van der Waals surface area contributed by atoms with Crippen molar-refractivity contribution in [2.24, 2.45) is 11.0 Å². The lowest BCUT2D eigenvalue weighted by atomic mass is 10.00. The zero-order valence-corrected chi connectivity index (χ0v) is 20.2. The van der Waals surface area contributed by atoms with Crippen LogP contribution in [-0.4, -0.2) is 38.1 Å². The third kappa shape index (κ3) is 4.81. The van der Waals surface area contributed by atoms with Gasteiger partial charge in [0.2, 0.25) is 0 Å². The summed E-state index contributed by atoms with van der Waals surface area (Å²) in [6.07, 6.45) is 3.44. The zero-order valence-electron chi connectivity index (χ0n) is 19.4. The highest BCUT2D eigenvalue weighted by Gasteiger charge is 2.36. The number of rotatable bonds is 6. The summed E-state index contributed by atoms with van der Waals surface area (Å²) in [7, 11) is 1.38. The van der Waals surface area contributed by atoms with Gasteiger partial charge in [-0.05, 0) is 49.4 Å². The first-order valence-electron chi connectivity index (χ1n) is 11.2. The number of carbonyl (C=O) groups is 1. The van der Waals surface area contributed by atoms with E-state index in [4.69, 9.17) is 4.74 Å². The van der Waals surface area contributed by atoms with Gasteiger partial charge < -0.3 is 4.74 Å². The molecule has 36 heavy (non-hydrogen) atoms. The van der Waals surface area contributed by atoms with Crippen LogP contribution in [0.25, 0.3) is 16.9 Å². The van der Waals surface area contributed by atoms with Gasteiger partial charge in [-0.1, -0.05) is 11.8 Å². The highest BCUT2D eigenvalue weighted by molar-refractivity contribution is 8.14. The number of aromatic nitrogens is 3. The van der Waals surface area contributed by atoms with Crippen LogP contribution >= 0.6 is 11.8 Å². The zero-order chi connectivity index (χ0) is 25.4. The number of ether oxygens (including phenoxy) is 1. The fourth-order valence-electron chi connectivity index (χ4n) is 3.82. The fourth-order valence-corrected chi connectivity index (χ4v) is 4.88. The summed E-state index contributed by atoms with van der Waals surface area (Å²) in [5, 5.41) is 7.50. The Kier molecular flexibility index (Phi) is 6.44. The maximum absolute atomic E-state index is 13.5. The van der Waals surface area contributed by atoms with Crippen LogP contribution in [0, 0.1) is 12.8 Å². The molecule has 1 atom stereocenters. The number of alkyl halides is 2. The summed E-state index contributed by atoms with van der Waals surface area (Å²) < 4.78 is 33.7. The Balaban J connectivity index is 1.58. The van der Waals surface area contributed by atoms with Gasteiger partial charge in [0.15, 0.2) is 5.17 Å². The van der Waals surface area contributed by atoms with Crippen molar-refractivity contribution in [3.63, 3.8) is 0 Å². The van der Waals surface area contributed by atoms with Crippen molar-refractivity contribution in [2.45, 2.75) is 31.6 Å². The predicted molar refractivity (Wildman–Crippen MR) is 131 cm³/mol. The highest BCUT2D eigenvalue weighted by Crippen LogP contribution is 2.40. The van der Waals surface area contributed by atoms with E-state index in [-0.39, 0.29) is 39.2 Å². The molecule has 0 spiro atoms. The fraction of sp³-hybridized carbons (Fsp3) is 0.292. The normalized spacial score (nSPS) is 17.0. The molecule has 2 aliphatic rings. The van der Waals surface area contributed by atoms with Gasteiger partial charge in [0.25, 0.3) is 17.9 Å². The van der Waals surface area contributed by atoms with E-state index in [1.54, 1.807) is 19.2 Å². The lowest BCUT2D eigenvalue weighted by Crippen LogP contribution is -2.29. The summed E-state index contributed by atoms with van der Waals surface area (Å²) in [5.41, 5.74) is 3.56. The number of hydrazone groups is 1. The number of carbonyl (C=O) groups excluding carboxylic acids is 1. The molecule has 186 valence electrons. The Morgan fingerprint density at radius 1 is 1.22 bits per heavy atom. The maximum Gasteiger partial charge on any atom is 0.280 e. The van der Waals surface area contributed by atoms with E-state index in [9.17, 15) is 18.4 Å². The van der Waals surface area contributed by atoms with Gasteiger partial charge in [0.05, 0.1) is 24.2 Å². The second kappa shape index (κ2) is 9.69. The Morgan fingerprint density at radius 3 is 2.72 bits per heavy atom. The van der Waals surface area contributed by atoms with E-state index in [0.29, 0.717) is 11.1 Å². The molecule has 1 aliphatic carbocycles. The van der Waals surface area contributed by atoms with Crippen LogP contribution in [0.4, 0.5) is 8.78 Å². The lowest BCUT2D eigenvalue weighted by molar-refractivity contribution is 0.0978. The number of amides is 1. The molecule has 1 amide bonds. The van der Waals surface area contributed by atoms with E-state index in [1.165, 1.54) is 54.0 Å². The first kappa shape index (κ1) is 23.9. The summed E-state index contributed by atoms with van der Waals surface area (Å²) in [5.74, 6) is 0.394. The van der Waals surface area contributed by atoms with Gasteiger partial charge in [-0.15, -0.1) is 0 Å². The quantitative estimate of drug-likeness (QED) is 0.519. The first-order chi connectivity index (χ1) is 17.3. The predicted octanol–water partition coefficient (Wildman–Crippen LogP) is 3.62. The number of halogens is 2. The van der Waals surface area contributed by atoms with Crippen LogP contribution in [-0.2, 0) is 0 Å². The number of pyridine rings is 3. The monoisotopic (exact) mass is 512 g/mol. The molecule has 3 aromatic heterocycles. The van der Waals surface area contributed by atoms with Crippen molar-refractivity contribution in [1.82, 2.24) is 25.3 Å². The molecule has 9 nitrogen and oxygen atoms in total. The summed E-state index contributed by atoms with van der Waals surface area (Å²) in [6, 6.07) is 5.85. The molecule has 12 heteroatoms. The summed E-state index contributed by atoms with van der Waals surface area (Å²) in [6.45, 7) is 1.79. The van der Waals surface area contributed by atoms with Crippen LogP contribution in [0.3, 0.4) is 0 Å². The molecule has 0 bridgehead atoms. The topological polar surface area (TPSA) is 111 Å². The maximum atomic E-state index is 13.5. The number of aryl methyl sites for hydroxylation is 1. The molecule has 3 aromatic rings. The molecule has 4 heterocycles. The van der Waals surface area contributed by atoms with Gasteiger partial charge in [-0.3, -0.25) is 29.9 Å². The molecule has 2 N–H and O–H groups in total. The Bertz CT molecular complexity index is 1420. The number of nitrogens with zero attached hydrogens (tertiary/aromatic N) is 4. The third-order valence-electron chi connectivity index (χ3n) is 5.88. The van der Waals surface area contributed by atoms with Crippen molar-refractivity contribution < 1.29 is 18.3 Å².